The molecule has 3 rings (SSSR count). The molecule has 1 fully saturated rings. The molecule has 0 radical (unpaired) electrons. The van der Waals surface area contributed by atoms with Gasteiger partial charge in [-0.3, -0.25) is 9.59 Å². The first-order valence-corrected chi connectivity index (χ1v) is 10.8. The lowest BCUT2D eigenvalue weighted by Gasteiger charge is -2.26. The standard InChI is InChI=1S/C25H32N2O4/c1-25(2,3)20-12-10-18(11-13-20)24(30)26-15-23(29)27(17-21-8-6-14-31-21)16-19-7-4-5-9-22(19)28/h4-5,7,9-13,21,28H,6,8,14-17H2,1-3H3,(H,26,30). The third-order valence-electron chi connectivity index (χ3n) is 5.57. The van der Waals surface area contributed by atoms with Crippen molar-refractivity contribution in [1.82, 2.24) is 10.2 Å². The van der Waals surface area contributed by atoms with E-state index in [1.807, 2.05) is 18.2 Å². The Balaban J connectivity index is 1.63. The molecule has 31 heavy (non-hydrogen) atoms. The van der Waals surface area contributed by atoms with Crippen molar-refractivity contribution in [2.75, 3.05) is 19.7 Å². The maximum atomic E-state index is 12.9. The second-order valence-corrected chi connectivity index (χ2v) is 9.05. The van der Waals surface area contributed by atoms with Gasteiger partial charge in [0, 0.05) is 30.8 Å². The van der Waals surface area contributed by atoms with Crippen LogP contribution in [0.4, 0.5) is 0 Å². The maximum absolute atomic E-state index is 12.9. The largest absolute Gasteiger partial charge is 0.508 e. The van der Waals surface area contributed by atoms with Crippen LogP contribution in [0.2, 0.25) is 0 Å². The van der Waals surface area contributed by atoms with Gasteiger partial charge in [0.1, 0.15) is 5.75 Å². The fourth-order valence-corrected chi connectivity index (χ4v) is 3.63. The molecule has 1 aliphatic heterocycles. The number of amides is 2. The van der Waals surface area contributed by atoms with E-state index in [1.54, 1.807) is 35.2 Å². The van der Waals surface area contributed by atoms with Crippen LogP contribution in [-0.4, -0.2) is 47.6 Å². The number of hydrogen-bond acceptors (Lipinski definition) is 4. The highest BCUT2D eigenvalue weighted by molar-refractivity contribution is 5.96. The quantitative estimate of drug-likeness (QED) is 0.712. The lowest BCUT2D eigenvalue weighted by Crippen LogP contribution is -2.43. The van der Waals surface area contributed by atoms with E-state index < -0.39 is 0 Å². The van der Waals surface area contributed by atoms with Crippen molar-refractivity contribution in [2.24, 2.45) is 0 Å². The van der Waals surface area contributed by atoms with Gasteiger partial charge in [-0.05, 0) is 42.0 Å². The summed E-state index contributed by atoms with van der Waals surface area (Å²) in [6.45, 7) is 7.64. The highest BCUT2D eigenvalue weighted by atomic mass is 16.5. The van der Waals surface area contributed by atoms with Gasteiger partial charge >= 0.3 is 0 Å². The van der Waals surface area contributed by atoms with Gasteiger partial charge in [0.05, 0.1) is 12.6 Å². The molecule has 1 aliphatic rings. The van der Waals surface area contributed by atoms with E-state index in [1.165, 1.54) is 0 Å². The molecule has 6 nitrogen and oxygen atoms in total. The smallest absolute Gasteiger partial charge is 0.251 e. The summed E-state index contributed by atoms with van der Waals surface area (Å²) < 4.78 is 5.69. The molecule has 0 aromatic heterocycles. The number of nitrogens with one attached hydrogen (secondary N) is 1. The van der Waals surface area contributed by atoms with E-state index in [0.717, 1.165) is 18.4 Å². The number of phenolic OH excluding ortho intramolecular Hbond substituents is 1. The van der Waals surface area contributed by atoms with Gasteiger partial charge in [-0.25, -0.2) is 0 Å². The summed E-state index contributed by atoms with van der Waals surface area (Å²) >= 11 is 0. The van der Waals surface area contributed by atoms with E-state index in [2.05, 4.69) is 26.1 Å². The topological polar surface area (TPSA) is 78.9 Å². The molecule has 1 unspecified atom stereocenters. The zero-order chi connectivity index (χ0) is 22.4. The van der Waals surface area contributed by atoms with Gasteiger partial charge in [-0.15, -0.1) is 0 Å². The van der Waals surface area contributed by atoms with E-state index >= 15 is 0 Å². The molecule has 2 amide bonds. The molecule has 2 N–H and O–H groups in total. The van der Waals surface area contributed by atoms with E-state index in [9.17, 15) is 14.7 Å². The molecular formula is C25H32N2O4. The molecule has 6 heteroatoms. The Bertz CT molecular complexity index is 896. The number of ether oxygens (including phenoxy) is 1. The summed E-state index contributed by atoms with van der Waals surface area (Å²) in [7, 11) is 0. The number of para-hydroxylation sites is 1. The van der Waals surface area contributed by atoms with Gasteiger partial charge in [-0.2, -0.15) is 0 Å². The van der Waals surface area contributed by atoms with Gasteiger partial charge in [0.15, 0.2) is 0 Å². The van der Waals surface area contributed by atoms with Crippen molar-refractivity contribution in [3.05, 3.63) is 65.2 Å². The molecule has 1 atom stereocenters. The SMILES string of the molecule is CC(C)(C)c1ccc(C(=O)NCC(=O)N(Cc2ccccc2O)CC2CCCO2)cc1. The summed E-state index contributed by atoms with van der Waals surface area (Å²) in [6, 6.07) is 14.4. The maximum Gasteiger partial charge on any atom is 0.251 e. The van der Waals surface area contributed by atoms with Crippen LogP contribution in [0.5, 0.6) is 5.75 Å². The normalized spacial score (nSPS) is 16.2. The van der Waals surface area contributed by atoms with Crippen LogP contribution in [0.15, 0.2) is 48.5 Å². The molecule has 0 bridgehead atoms. The average Bonchev–Trinajstić information content (AvgIpc) is 3.25. The molecule has 0 aliphatic carbocycles. The van der Waals surface area contributed by atoms with Gasteiger partial charge in [0.2, 0.25) is 5.91 Å². The summed E-state index contributed by atoms with van der Waals surface area (Å²) in [5, 5.41) is 12.8. The third-order valence-corrected chi connectivity index (χ3v) is 5.57. The monoisotopic (exact) mass is 424 g/mol. The zero-order valence-corrected chi connectivity index (χ0v) is 18.6. The minimum atomic E-state index is -0.284. The molecule has 0 spiro atoms. The number of benzene rings is 2. The van der Waals surface area contributed by atoms with Crippen molar-refractivity contribution in [2.45, 2.75) is 51.7 Å². The summed E-state index contributed by atoms with van der Waals surface area (Å²) in [5.74, 6) is -0.345. The Morgan fingerprint density at radius 2 is 1.84 bits per heavy atom. The molecule has 2 aromatic rings. The number of aromatic hydroxyl groups is 1. The number of hydrogen-bond donors (Lipinski definition) is 2. The summed E-state index contributed by atoms with van der Waals surface area (Å²) in [6.07, 6.45) is 1.86. The number of carbonyl (C=O) groups is 2. The third kappa shape index (κ3) is 6.31. The van der Waals surface area contributed by atoms with Crippen molar-refractivity contribution >= 4 is 11.8 Å². The molecule has 1 heterocycles. The number of rotatable bonds is 7. The van der Waals surface area contributed by atoms with Crippen LogP contribution >= 0.6 is 0 Å². The number of carbonyl (C=O) groups excluding carboxylic acids is 2. The summed E-state index contributed by atoms with van der Waals surface area (Å²) in [4.78, 5) is 27.1. The second-order valence-electron chi connectivity index (χ2n) is 9.05. The minimum Gasteiger partial charge on any atom is -0.508 e. The highest BCUT2D eigenvalue weighted by Gasteiger charge is 2.24. The van der Waals surface area contributed by atoms with Crippen LogP contribution in [0.1, 0.15) is 55.1 Å². The molecule has 166 valence electrons. The zero-order valence-electron chi connectivity index (χ0n) is 18.6. The first kappa shape index (κ1) is 22.8. The van der Waals surface area contributed by atoms with Crippen molar-refractivity contribution in [1.29, 1.82) is 0 Å². The van der Waals surface area contributed by atoms with Crippen LogP contribution in [0.3, 0.4) is 0 Å². The highest BCUT2D eigenvalue weighted by Crippen LogP contribution is 2.22. The number of phenols is 1. The van der Waals surface area contributed by atoms with Crippen LogP contribution in [0.25, 0.3) is 0 Å². The van der Waals surface area contributed by atoms with Crippen LogP contribution in [0, 0.1) is 0 Å². The van der Waals surface area contributed by atoms with Crippen LogP contribution < -0.4 is 5.32 Å². The second kappa shape index (κ2) is 9.96. The summed E-state index contributed by atoms with van der Waals surface area (Å²) in [5.41, 5.74) is 2.34. The Morgan fingerprint density at radius 1 is 1.13 bits per heavy atom. The lowest BCUT2D eigenvalue weighted by atomic mass is 9.87. The lowest BCUT2D eigenvalue weighted by molar-refractivity contribution is -0.132. The Morgan fingerprint density at radius 3 is 2.45 bits per heavy atom. The van der Waals surface area contributed by atoms with Crippen LogP contribution in [-0.2, 0) is 21.5 Å². The molecule has 1 saturated heterocycles. The predicted octanol–water partition coefficient (Wildman–Crippen LogP) is 3.63. The first-order chi connectivity index (χ1) is 14.7. The Kier molecular flexibility index (Phi) is 7.33. The minimum absolute atomic E-state index is 0.0107. The Labute approximate surface area is 184 Å². The van der Waals surface area contributed by atoms with Gasteiger partial charge in [-0.1, -0.05) is 51.1 Å². The van der Waals surface area contributed by atoms with E-state index in [4.69, 9.17) is 4.74 Å². The van der Waals surface area contributed by atoms with E-state index in [0.29, 0.717) is 24.3 Å². The average molecular weight is 425 g/mol. The van der Waals surface area contributed by atoms with Crippen molar-refractivity contribution < 1.29 is 19.4 Å². The van der Waals surface area contributed by atoms with E-state index in [-0.39, 0.29) is 42.2 Å². The predicted molar refractivity (Wildman–Crippen MR) is 120 cm³/mol. The fraction of sp³-hybridized carbons (Fsp3) is 0.440. The molecule has 0 saturated carbocycles. The number of nitrogens with zero attached hydrogens (tertiary/aromatic N) is 1. The van der Waals surface area contributed by atoms with Gasteiger partial charge < -0.3 is 20.1 Å². The first-order valence-electron chi connectivity index (χ1n) is 10.8. The molecular weight excluding hydrogens is 392 g/mol. The van der Waals surface area contributed by atoms with Gasteiger partial charge in [0.25, 0.3) is 5.91 Å². The molecule has 2 aromatic carbocycles. The van der Waals surface area contributed by atoms with Crippen molar-refractivity contribution in [3.8, 4) is 5.75 Å². The Hall–Kier alpha value is -2.86. The fourth-order valence-electron chi connectivity index (χ4n) is 3.63. The van der Waals surface area contributed by atoms with Crippen molar-refractivity contribution in [3.63, 3.8) is 0 Å².